The third-order valence-corrected chi connectivity index (χ3v) is 4.01. The highest BCUT2D eigenvalue weighted by Gasteiger charge is 2.40. The van der Waals surface area contributed by atoms with E-state index >= 15 is 0 Å². The molecule has 118 valence electrons. The Labute approximate surface area is 136 Å². The predicted octanol–water partition coefficient (Wildman–Crippen LogP) is 3.05. The van der Waals surface area contributed by atoms with Crippen LogP contribution in [0.25, 0.3) is 10.4 Å². The summed E-state index contributed by atoms with van der Waals surface area (Å²) in [5, 5.41) is 4.16. The van der Waals surface area contributed by atoms with Gasteiger partial charge in [-0.1, -0.05) is 39.2 Å². The maximum absolute atomic E-state index is 12.2. The molecular formula is C14H16BrN3O4. The number of ether oxygens (including phenoxy) is 3. The molecule has 4 atom stereocenters. The van der Waals surface area contributed by atoms with E-state index in [4.69, 9.17) is 19.7 Å². The van der Waals surface area contributed by atoms with Crippen LogP contribution in [-0.4, -0.2) is 42.9 Å². The number of carbonyl (C=O) groups excluding carboxylic acids is 1. The Hall–Kier alpha value is -1.60. The lowest BCUT2D eigenvalue weighted by molar-refractivity contribution is -0.209. The van der Waals surface area contributed by atoms with Crippen LogP contribution in [0.5, 0.6) is 0 Å². The van der Waals surface area contributed by atoms with Crippen molar-refractivity contribution >= 4 is 21.9 Å². The average molecular weight is 370 g/mol. The molecule has 7 nitrogen and oxygen atoms in total. The van der Waals surface area contributed by atoms with E-state index in [2.05, 4.69) is 26.0 Å². The van der Waals surface area contributed by atoms with E-state index in [0.717, 1.165) is 0 Å². The summed E-state index contributed by atoms with van der Waals surface area (Å²) in [5.74, 6) is -0.478. The number of benzene rings is 1. The highest BCUT2D eigenvalue weighted by molar-refractivity contribution is 9.09. The van der Waals surface area contributed by atoms with Crippen LogP contribution in [0.15, 0.2) is 35.4 Å². The standard InChI is InChI=1S/C14H16BrN3O4/c1-20-12-7-10(17-18-16)13(11(8-15)21-12)22-14(19)9-5-3-2-4-6-9/h2-6,10-13H,7-8H2,1H3. The van der Waals surface area contributed by atoms with E-state index < -0.39 is 30.5 Å². The van der Waals surface area contributed by atoms with Crippen LogP contribution < -0.4 is 0 Å². The third kappa shape index (κ3) is 3.98. The van der Waals surface area contributed by atoms with Gasteiger partial charge in [-0.3, -0.25) is 0 Å². The summed E-state index contributed by atoms with van der Waals surface area (Å²) in [6, 6.07) is 8.10. The van der Waals surface area contributed by atoms with Gasteiger partial charge in [0.1, 0.15) is 12.2 Å². The smallest absolute Gasteiger partial charge is 0.338 e. The minimum Gasteiger partial charge on any atom is -0.456 e. The summed E-state index contributed by atoms with van der Waals surface area (Å²) in [4.78, 5) is 15.1. The summed E-state index contributed by atoms with van der Waals surface area (Å²) in [7, 11) is 1.51. The summed E-state index contributed by atoms with van der Waals surface area (Å²) in [6.45, 7) is 0. The van der Waals surface area contributed by atoms with Crippen molar-refractivity contribution in [1.82, 2.24) is 0 Å². The van der Waals surface area contributed by atoms with E-state index in [1.54, 1.807) is 24.3 Å². The molecular weight excluding hydrogens is 354 g/mol. The number of alkyl halides is 1. The maximum atomic E-state index is 12.2. The number of nitrogens with zero attached hydrogens (tertiary/aromatic N) is 3. The van der Waals surface area contributed by atoms with Gasteiger partial charge in [0.15, 0.2) is 6.29 Å². The fraction of sp³-hybridized carbons (Fsp3) is 0.500. The van der Waals surface area contributed by atoms with E-state index in [-0.39, 0.29) is 0 Å². The number of hydrogen-bond acceptors (Lipinski definition) is 5. The number of rotatable bonds is 5. The number of hydrogen-bond donors (Lipinski definition) is 0. The fourth-order valence-corrected chi connectivity index (χ4v) is 2.80. The Kier molecular flexibility index (Phi) is 6.21. The summed E-state index contributed by atoms with van der Waals surface area (Å²) >= 11 is 3.33. The zero-order valence-corrected chi connectivity index (χ0v) is 13.5. The molecule has 1 aromatic carbocycles. The Balaban J connectivity index is 2.17. The quantitative estimate of drug-likeness (QED) is 0.262. The van der Waals surface area contributed by atoms with Gasteiger partial charge in [-0.2, -0.15) is 0 Å². The Morgan fingerprint density at radius 1 is 1.50 bits per heavy atom. The van der Waals surface area contributed by atoms with Crippen molar-refractivity contribution in [3.05, 3.63) is 46.3 Å². The topological polar surface area (TPSA) is 93.5 Å². The number of carbonyl (C=O) groups is 1. The molecule has 1 saturated heterocycles. The first-order valence-electron chi connectivity index (χ1n) is 6.74. The van der Waals surface area contributed by atoms with Crippen molar-refractivity contribution in [3.8, 4) is 0 Å². The van der Waals surface area contributed by atoms with Gasteiger partial charge in [0.2, 0.25) is 0 Å². The molecule has 0 aliphatic carbocycles. The molecule has 0 aromatic heterocycles. The van der Waals surface area contributed by atoms with Gasteiger partial charge < -0.3 is 14.2 Å². The van der Waals surface area contributed by atoms with Gasteiger partial charge in [0.05, 0.1) is 11.6 Å². The van der Waals surface area contributed by atoms with Gasteiger partial charge in [0.25, 0.3) is 0 Å². The largest absolute Gasteiger partial charge is 0.456 e. The molecule has 0 saturated carbocycles. The van der Waals surface area contributed by atoms with Crippen molar-refractivity contribution in [2.24, 2.45) is 5.11 Å². The van der Waals surface area contributed by atoms with Gasteiger partial charge in [-0.15, -0.1) is 0 Å². The summed E-state index contributed by atoms with van der Waals surface area (Å²) in [5.41, 5.74) is 9.16. The SMILES string of the molecule is COC1CC(N=[N+]=[N-])C(OC(=O)c2ccccc2)C(CBr)O1. The number of halogens is 1. The lowest BCUT2D eigenvalue weighted by Gasteiger charge is -2.38. The molecule has 0 bridgehead atoms. The number of esters is 1. The van der Waals surface area contributed by atoms with Crippen molar-refractivity contribution in [2.45, 2.75) is 31.0 Å². The van der Waals surface area contributed by atoms with Crippen LogP contribution in [0.3, 0.4) is 0 Å². The summed E-state index contributed by atoms with van der Waals surface area (Å²) in [6.07, 6.45) is -1.29. The molecule has 2 rings (SSSR count). The maximum Gasteiger partial charge on any atom is 0.338 e. The molecule has 8 heteroatoms. The molecule has 1 aromatic rings. The Morgan fingerprint density at radius 2 is 2.23 bits per heavy atom. The van der Waals surface area contributed by atoms with E-state index in [0.29, 0.717) is 17.3 Å². The first-order valence-corrected chi connectivity index (χ1v) is 7.86. The fourth-order valence-electron chi connectivity index (χ4n) is 2.28. The third-order valence-electron chi connectivity index (χ3n) is 3.37. The number of azide groups is 1. The highest BCUT2D eigenvalue weighted by atomic mass is 79.9. The molecule has 1 fully saturated rings. The van der Waals surface area contributed by atoms with Crippen molar-refractivity contribution < 1.29 is 19.0 Å². The Bertz CT molecular complexity index is 550. The lowest BCUT2D eigenvalue weighted by Crippen LogP contribution is -2.50. The average Bonchev–Trinajstić information content (AvgIpc) is 2.57. The van der Waals surface area contributed by atoms with Crippen LogP contribution in [0, 0.1) is 0 Å². The zero-order chi connectivity index (χ0) is 15.9. The van der Waals surface area contributed by atoms with Gasteiger partial charge >= 0.3 is 5.97 Å². The minimum absolute atomic E-state index is 0.330. The van der Waals surface area contributed by atoms with E-state index in [1.807, 2.05) is 6.07 Å². The molecule has 1 aliphatic heterocycles. The molecule has 22 heavy (non-hydrogen) atoms. The molecule has 4 unspecified atom stereocenters. The van der Waals surface area contributed by atoms with Crippen LogP contribution in [0.1, 0.15) is 16.8 Å². The van der Waals surface area contributed by atoms with E-state index in [9.17, 15) is 4.79 Å². The van der Waals surface area contributed by atoms with Crippen molar-refractivity contribution in [3.63, 3.8) is 0 Å². The molecule has 0 spiro atoms. The number of methoxy groups -OCH3 is 1. The summed E-state index contributed by atoms with van der Waals surface area (Å²) < 4.78 is 16.4. The Morgan fingerprint density at radius 3 is 2.82 bits per heavy atom. The van der Waals surface area contributed by atoms with Crippen LogP contribution in [0.2, 0.25) is 0 Å². The lowest BCUT2D eigenvalue weighted by atomic mass is 10.00. The highest BCUT2D eigenvalue weighted by Crippen LogP contribution is 2.27. The monoisotopic (exact) mass is 369 g/mol. The molecule has 0 amide bonds. The van der Waals surface area contributed by atoms with Crippen LogP contribution >= 0.6 is 15.9 Å². The van der Waals surface area contributed by atoms with Crippen molar-refractivity contribution in [2.75, 3.05) is 12.4 Å². The van der Waals surface area contributed by atoms with Crippen LogP contribution in [-0.2, 0) is 14.2 Å². The molecule has 1 aliphatic rings. The minimum atomic E-state index is -0.672. The van der Waals surface area contributed by atoms with Gasteiger partial charge in [0, 0.05) is 23.8 Å². The van der Waals surface area contributed by atoms with Gasteiger partial charge in [-0.25, -0.2) is 4.79 Å². The first-order chi connectivity index (χ1) is 10.7. The van der Waals surface area contributed by atoms with Crippen LogP contribution in [0.4, 0.5) is 0 Å². The molecule has 0 radical (unpaired) electrons. The van der Waals surface area contributed by atoms with Gasteiger partial charge in [-0.05, 0) is 17.7 Å². The van der Waals surface area contributed by atoms with E-state index in [1.165, 1.54) is 7.11 Å². The molecule has 1 heterocycles. The van der Waals surface area contributed by atoms with Crippen molar-refractivity contribution in [1.29, 1.82) is 0 Å². The second-order valence-electron chi connectivity index (χ2n) is 4.74. The normalized spacial score (nSPS) is 27.7. The second kappa shape index (κ2) is 8.14. The second-order valence-corrected chi connectivity index (χ2v) is 5.39. The predicted molar refractivity (Wildman–Crippen MR) is 82.7 cm³/mol. The molecule has 0 N–H and O–H groups in total. The zero-order valence-electron chi connectivity index (χ0n) is 12.0. The first kappa shape index (κ1) is 16.8.